The van der Waals surface area contributed by atoms with E-state index in [9.17, 15) is 0 Å². The summed E-state index contributed by atoms with van der Waals surface area (Å²) in [4.78, 5) is 0. The van der Waals surface area contributed by atoms with Gasteiger partial charge in [0, 0.05) is 12.0 Å². The molecule has 0 bridgehead atoms. The van der Waals surface area contributed by atoms with E-state index in [1.165, 1.54) is 0 Å². The lowest BCUT2D eigenvalue weighted by molar-refractivity contribution is 0.355. The van der Waals surface area contributed by atoms with Gasteiger partial charge < -0.3 is 15.2 Å². The number of hydrazone groups is 1. The number of hydrogen-bond acceptors (Lipinski definition) is 4. The zero-order valence-electron chi connectivity index (χ0n) is 13.6. The first-order chi connectivity index (χ1) is 11.6. The fourth-order valence-electron chi connectivity index (χ4n) is 2.84. The number of rotatable bonds is 4. The molecule has 0 fully saturated rings. The third-order valence-corrected chi connectivity index (χ3v) is 4.22. The van der Waals surface area contributed by atoms with Crippen molar-refractivity contribution in [1.29, 1.82) is 0 Å². The molecule has 0 saturated carbocycles. The molecule has 0 aromatic heterocycles. The zero-order chi connectivity index (χ0) is 17.1. The lowest BCUT2D eigenvalue weighted by atomic mass is 9.98. The number of nitrogens with two attached hydrogens (primary N) is 1. The van der Waals surface area contributed by atoms with Crippen LogP contribution >= 0.6 is 12.2 Å². The summed E-state index contributed by atoms with van der Waals surface area (Å²) in [6.45, 7) is 0. The molecular formula is C18H19N3O2S. The molecular weight excluding hydrogens is 322 g/mol. The lowest BCUT2D eigenvalue weighted by Crippen LogP contribution is -2.31. The Morgan fingerprint density at radius 2 is 1.83 bits per heavy atom. The summed E-state index contributed by atoms with van der Waals surface area (Å²) in [5.41, 5.74) is 8.88. The van der Waals surface area contributed by atoms with E-state index in [4.69, 9.17) is 27.4 Å². The van der Waals surface area contributed by atoms with Crippen molar-refractivity contribution in [3.05, 3.63) is 59.7 Å². The highest BCUT2D eigenvalue weighted by Gasteiger charge is 2.30. The average molecular weight is 341 g/mol. The predicted molar refractivity (Wildman–Crippen MR) is 98.5 cm³/mol. The maximum atomic E-state index is 5.87. The molecule has 2 aromatic rings. The Morgan fingerprint density at radius 1 is 1.12 bits per heavy atom. The van der Waals surface area contributed by atoms with Crippen LogP contribution in [0.3, 0.4) is 0 Å². The van der Waals surface area contributed by atoms with Crippen LogP contribution in [-0.2, 0) is 0 Å². The molecule has 0 unspecified atom stereocenters. The summed E-state index contributed by atoms with van der Waals surface area (Å²) in [7, 11) is 3.23. The van der Waals surface area contributed by atoms with Crippen LogP contribution in [0.4, 0.5) is 0 Å². The van der Waals surface area contributed by atoms with E-state index in [1.807, 2.05) is 36.4 Å². The number of nitrogens with zero attached hydrogens (tertiary/aromatic N) is 2. The summed E-state index contributed by atoms with van der Waals surface area (Å²) >= 11 is 5.18. The molecule has 0 aliphatic carbocycles. The third kappa shape index (κ3) is 3.05. The summed E-state index contributed by atoms with van der Waals surface area (Å²) in [6.07, 6.45) is 0.719. The molecule has 6 heteroatoms. The maximum absolute atomic E-state index is 5.87. The van der Waals surface area contributed by atoms with Crippen LogP contribution in [0.1, 0.15) is 23.6 Å². The van der Waals surface area contributed by atoms with Gasteiger partial charge in [-0.25, -0.2) is 5.01 Å². The molecule has 0 amide bonds. The van der Waals surface area contributed by atoms with E-state index in [0.29, 0.717) is 11.5 Å². The number of hydrogen-bond donors (Lipinski definition) is 1. The van der Waals surface area contributed by atoms with Crippen molar-refractivity contribution in [2.45, 2.75) is 12.5 Å². The minimum absolute atomic E-state index is 0.00629. The largest absolute Gasteiger partial charge is 0.493 e. The summed E-state index contributed by atoms with van der Waals surface area (Å²) in [5, 5.41) is 6.60. The first kappa shape index (κ1) is 16.3. The molecule has 24 heavy (non-hydrogen) atoms. The SMILES string of the molecule is COc1ccc(C2=NN(C(N)=S)[C@@H](c3ccccc3)C2)cc1OC. The van der Waals surface area contributed by atoms with Gasteiger partial charge in [0.1, 0.15) is 0 Å². The van der Waals surface area contributed by atoms with Gasteiger partial charge in [-0.2, -0.15) is 5.10 Å². The van der Waals surface area contributed by atoms with Gasteiger partial charge in [-0.1, -0.05) is 30.3 Å². The van der Waals surface area contributed by atoms with Crippen molar-refractivity contribution in [3.8, 4) is 11.5 Å². The zero-order valence-corrected chi connectivity index (χ0v) is 14.4. The molecule has 0 saturated heterocycles. The topological polar surface area (TPSA) is 60.1 Å². The molecule has 1 heterocycles. The van der Waals surface area contributed by atoms with Crippen LogP contribution in [0, 0.1) is 0 Å². The van der Waals surface area contributed by atoms with Gasteiger partial charge >= 0.3 is 0 Å². The van der Waals surface area contributed by atoms with Gasteiger partial charge in [0.25, 0.3) is 0 Å². The van der Waals surface area contributed by atoms with Gasteiger partial charge in [0.15, 0.2) is 16.6 Å². The highest BCUT2D eigenvalue weighted by atomic mass is 32.1. The average Bonchev–Trinajstić information content (AvgIpc) is 3.07. The minimum Gasteiger partial charge on any atom is -0.493 e. The molecule has 0 radical (unpaired) electrons. The molecule has 1 atom stereocenters. The van der Waals surface area contributed by atoms with Crippen LogP contribution in [0.2, 0.25) is 0 Å². The smallest absolute Gasteiger partial charge is 0.187 e. The second kappa shape index (κ2) is 6.88. The van der Waals surface area contributed by atoms with Gasteiger partial charge in [-0.15, -0.1) is 0 Å². The van der Waals surface area contributed by atoms with Crippen LogP contribution in [0.25, 0.3) is 0 Å². The van der Waals surface area contributed by atoms with E-state index in [0.717, 1.165) is 23.3 Å². The molecule has 0 spiro atoms. The Kier molecular flexibility index (Phi) is 4.66. The monoisotopic (exact) mass is 341 g/mol. The molecule has 5 nitrogen and oxygen atoms in total. The summed E-state index contributed by atoms with van der Waals surface area (Å²) in [6, 6.07) is 15.9. The molecule has 3 rings (SSSR count). The Labute approximate surface area is 146 Å². The Hall–Kier alpha value is -2.60. The van der Waals surface area contributed by atoms with Crippen molar-refractivity contribution in [2.75, 3.05) is 14.2 Å². The maximum Gasteiger partial charge on any atom is 0.187 e. The van der Waals surface area contributed by atoms with E-state index in [2.05, 4.69) is 17.2 Å². The van der Waals surface area contributed by atoms with Gasteiger partial charge in [0.2, 0.25) is 0 Å². The standard InChI is InChI=1S/C18H19N3O2S/c1-22-16-9-8-13(10-17(16)23-2)14-11-15(21(20-14)18(19)24)12-6-4-3-5-7-12/h3-10,15H,11H2,1-2H3,(H2,19,24)/t15-/m1/s1. The molecule has 2 aromatic carbocycles. The number of benzene rings is 2. The molecule has 124 valence electrons. The van der Waals surface area contributed by atoms with Gasteiger partial charge in [-0.05, 0) is 36.0 Å². The molecule has 2 N–H and O–H groups in total. The number of thiocarbonyl (C=S) groups is 1. The molecule has 1 aliphatic rings. The normalized spacial score (nSPS) is 16.7. The minimum atomic E-state index is 0.00629. The number of ether oxygens (including phenoxy) is 2. The predicted octanol–water partition coefficient (Wildman–Crippen LogP) is 3.10. The van der Waals surface area contributed by atoms with Crippen molar-refractivity contribution < 1.29 is 9.47 Å². The molecule has 1 aliphatic heterocycles. The van der Waals surface area contributed by atoms with Crippen molar-refractivity contribution in [3.63, 3.8) is 0 Å². The second-order valence-corrected chi connectivity index (χ2v) is 5.85. The highest BCUT2D eigenvalue weighted by Crippen LogP contribution is 2.35. The van der Waals surface area contributed by atoms with Crippen LogP contribution < -0.4 is 15.2 Å². The second-order valence-electron chi connectivity index (χ2n) is 5.43. The van der Waals surface area contributed by atoms with Crippen LogP contribution in [0.15, 0.2) is 53.6 Å². The van der Waals surface area contributed by atoms with Gasteiger partial charge in [0.05, 0.1) is 26.0 Å². The van der Waals surface area contributed by atoms with Crippen molar-refractivity contribution in [2.24, 2.45) is 10.8 Å². The lowest BCUT2D eigenvalue weighted by Gasteiger charge is -2.21. The quantitative estimate of drug-likeness (QED) is 0.866. The Balaban J connectivity index is 1.95. The fraction of sp³-hybridized carbons (Fsp3) is 0.222. The van der Waals surface area contributed by atoms with Gasteiger partial charge in [-0.3, -0.25) is 0 Å². The Morgan fingerprint density at radius 3 is 2.46 bits per heavy atom. The van der Waals surface area contributed by atoms with E-state index >= 15 is 0 Å². The van der Waals surface area contributed by atoms with E-state index < -0.39 is 0 Å². The third-order valence-electron chi connectivity index (χ3n) is 4.04. The van der Waals surface area contributed by atoms with Crippen molar-refractivity contribution >= 4 is 23.0 Å². The Bertz CT molecular complexity index is 777. The van der Waals surface area contributed by atoms with E-state index in [-0.39, 0.29) is 11.2 Å². The fourth-order valence-corrected chi connectivity index (χ4v) is 3.01. The van der Waals surface area contributed by atoms with E-state index in [1.54, 1.807) is 19.2 Å². The summed E-state index contributed by atoms with van der Waals surface area (Å²) in [5.74, 6) is 1.35. The number of methoxy groups -OCH3 is 2. The summed E-state index contributed by atoms with van der Waals surface area (Å²) < 4.78 is 10.7. The van der Waals surface area contributed by atoms with Crippen LogP contribution in [-0.4, -0.2) is 30.1 Å². The highest BCUT2D eigenvalue weighted by molar-refractivity contribution is 7.80. The first-order valence-corrected chi connectivity index (χ1v) is 7.98. The van der Waals surface area contributed by atoms with Crippen LogP contribution in [0.5, 0.6) is 11.5 Å². The first-order valence-electron chi connectivity index (χ1n) is 7.57. The van der Waals surface area contributed by atoms with Crippen molar-refractivity contribution in [1.82, 2.24) is 5.01 Å².